The number of pyridine rings is 2. The van der Waals surface area contributed by atoms with Gasteiger partial charge in [0.15, 0.2) is 0 Å². The van der Waals surface area contributed by atoms with Crippen LogP contribution < -0.4 is 9.62 Å². The van der Waals surface area contributed by atoms with Gasteiger partial charge in [0.2, 0.25) is 10.0 Å². The molecule has 1 fully saturated rings. The quantitative estimate of drug-likeness (QED) is 0.393. The highest BCUT2D eigenvalue weighted by atomic mass is 35.5. The molecule has 0 radical (unpaired) electrons. The Morgan fingerprint density at radius 3 is 2.60 bits per heavy atom. The molecule has 1 amide bonds. The SMILES string of the molecule is O=C(Nc1ccc(Cl)c(-c2nccc3ncccc23)c1)c1ccc(N2CCCCCS2(=O)=O)cc1. The Morgan fingerprint density at radius 2 is 1.77 bits per heavy atom. The third-order valence-electron chi connectivity index (χ3n) is 6.03. The number of carbonyl (C=O) groups excluding carboxylic acids is 1. The van der Waals surface area contributed by atoms with E-state index in [-0.39, 0.29) is 11.7 Å². The first-order valence-electron chi connectivity index (χ1n) is 11.3. The van der Waals surface area contributed by atoms with E-state index in [9.17, 15) is 13.2 Å². The van der Waals surface area contributed by atoms with Crippen LogP contribution in [0.25, 0.3) is 22.2 Å². The maximum Gasteiger partial charge on any atom is 0.255 e. The predicted octanol–water partition coefficient (Wildman–Crippen LogP) is 5.52. The lowest BCUT2D eigenvalue weighted by molar-refractivity contribution is 0.102. The van der Waals surface area contributed by atoms with E-state index in [2.05, 4.69) is 15.3 Å². The van der Waals surface area contributed by atoms with Crippen LogP contribution in [-0.4, -0.2) is 36.6 Å². The Labute approximate surface area is 208 Å². The van der Waals surface area contributed by atoms with Gasteiger partial charge in [-0.25, -0.2) is 8.42 Å². The van der Waals surface area contributed by atoms with Crippen molar-refractivity contribution < 1.29 is 13.2 Å². The first kappa shape index (κ1) is 23.3. The number of sulfonamides is 1. The minimum atomic E-state index is -3.34. The van der Waals surface area contributed by atoms with Gasteiger partial charge in [0.1, 0.15) is 0 Å². The summed E-state index contributed by atoms with van der Waals surface area (Å²) in [5.41, 5.74) is 3.73. The molecule has 2 aromatic carbocycles. The largest absolute Gasteiger partial charge is 0.322 e. The minimum Gasteiger partial charge on any atom is -0.322 e. The second-order valence-corrected chi connectivity index (χ2v) is 10.8. The van der Waals surface area contributed by atoms with E-state index in [0.29, 0.717) is 46.2 Å². The van der Waals surface area contributed by atoms with Crippen LogP contribution in [0, 0.1) is 0 Å². The summed E-state index contributed by atoms with van der Waals surface area (Å²) in [5.74, 6) is -0.161. The van der Waals surface area contributed by atoms with Gasteiger partial charge < -0.3 is 5.32 Å². The molecule has 35 heavy (non-hydrogen) atoms. The molecule has 178 valence electrons. The number of anilines is 2. The maximum absolute atomic E-state index is 12.9. The second kappa shape index (κ2) is 9.64. The first-order chi connectivity index (χ1) is 16.9. The lowest BCUT2D eigenvalue weighted by Gasteiger charge is -2.22. The molecular weight excluding hydrogens is 484 g/mol. The van der Waals surface area contributed by atoms with Gasteiger partial charge >= 0.3 is 0 Å². The van der Waals surface area contributed by atoms with E-state index < -0.39 is 10.0 Å². The van der Waals surface area contributed by atoms with Crippen molar-refractivity contribution in [2.75, 3.05) is 21.9 Å². The molecule has 1 aliphatic heterocycles. The fraction of sp³-hybridized carbons (Fsp3) is 0.192. The fourth-order valence-corrected chi connectivity index (χ4v) is 6.09. The molecule has 2 aromatic heterocycles. The summed E-state index contributed by atoms with van der Waals surface area (Å²) in [6, 6.07) is 17.5. The molecule has 0 unspecified atom stereocenters. The van der Waals surface area contributed by atoms with Crippen LogP contribution in [0.3, 0.4) is 0 Å². The molecule has 0 aliphatic carbocycles. The van der Waals surface area contributed by atoms with Crippen LogP contribution in [0.1, 0.15) is 29.6 Å². The molecule has 1 N–H and O–H groups in total. The summed E-state index contributed by atoms with van der Waals surface area (Å²) >= 11 is 6.48. The number of hydrogen-bond acceptors (Lipinski definition) is 5. The van der Waals surface area contributed by atoms with Crippen molar-refractivity contribution in [2.24, 2.45) is 0 Å². The first-order valence-corrected chi connectivity index (χ1v) is 13.3. The third-order valence-corrected chi connectivity index (χ3v) is 8.22. The number of benzene rings is 2. The Morgan fingerprint density at radius 1 is 0.943 bits per heavy atom. The molecule has 0 saturated carbocycles. The Balaban J connectivity index is 1.39. The summed E-state index contributed by atoms with van der Waals surface area (Å²) in [7, 11) is -3.34. The van der Waals surface area contributed by atoms with Crippen molar-refractivity contribution in [3.63, 3.8) is 0 Å². The number of halogens is 1. The highest BCUT2D eigenvalue weighted by Crippen LogP contribution is 2.33. The summed E-state index contributed by atoms with van der Waals surface area (Å²) < 4.78 is 26.5. The molecule has 9 heteroatoms. The van der Waals surface area contributed by atoms with Gasteiger partial charge in [-0.05, 0) is 73.5 Å². The van der Waals surface area contributed by atoms with Crippen molar-refractivity contribution in [1.82, 2.24) is 9.97 Å². The molecule has 1 aliphatic rings. The zero-order valence-corrected chi connectivity index (χ0v) is 20.4. The van der Waals surface area contributed by atoms with E-state index in [1.165, 1.54) is 4.31 Å². The van der Waals surface area contributed by atoms with Gasteiger partial charge in [-0.15, -0.1) is 0 Å². The van der Waals surface area contributed by atoms with Crippen LogP contribution in [-0.2, 0) is 10.0 Å². The summed E-state index contributed by atoms with van der Waals surface area (Å²) in [6.45, 7) is 0.457. The number of carbonyl (C=O) groups is 1. The maximum atomic E-state index is 12.9. The molecule has 7 nitrogen and oxygen atoms in total. The highest BCUT2D eigenvalue weighted by Gasteiger charge is 2.24. The van der Waals surface area contributed by atoms with E-state index in [4.69, 9.17) is 11.6 Å². The van der Waals surface area contributed by atoms with E-state index >= 15 is 0 Å². The van der Waals surface area contributed by atoms with Gasteiger partial charge in [0.05, 0.1) is 27.7 Å². The fourth-order valence-electron chi connectivity index (χ4n) is 4.24. The van der Waals surface area contributed by atoms with Gasteiger partial charge in [-0.3, -0.25) is 19.1 Å². The zero-order chi connectivity index (χ0) is 24.4. The van der Waals surface area contributed by atoms with E-state index in [0.717, 1.165) is 23.7 Å². The average Bonchev–Trinajstić information content (AvgIpc) is 3.05. The number of hydrogen-bond donors (Lipinski definition) is 1. The van der Waals surface area contributed by atoms with Gasteiger partial charge in [-0.1, -0.05) is 18.0 Å². The number of aromatic nitrogens is 2. The van der Waals surface area contributed by atoms with Crippen molar-refractivity contribution in [2.45, 2.75) is 19.3 Å². The number of fused-ring (bicyclic) bond motifs is 1. The van der Waals surface area contributed by atoms with Crippen LogP contribution in [0.15, 0.2) is 73.1 Å². The Bertz CT molecular complexity index is 1500. The van der Waals surface area contributed by atoms with Crippen molar-refractivity contribution in [3.8, 4) is 11.3 Å². The molecule has 0 spiro atoms. The monoisotopic (exact) mass is 506 g/mol. The van der Waals surface area contributed by atoms with Crippen LogP contribution >= 0.6 is 11.6 Å². The molecule has 5 rings (SSSR count). The average molecular weight is 507 g/mol. The van der Waals surface area contributed by atoms with Crippen LogP contribution in [0.2, 0.25) is 5.02 Å². The summed E-state index contributed by atoms with van der Waals surface area (Å²) in [4.78, 5) is 21.8. The molecular formula is C26H23ClN4O3S. The number of amides is 1. The van der Waals surface area contributed by atoms with Crippen molar-refractivity contribution >= 4 is 49.8 Å². The van der Waals surface area contributed by atoms with E-state index in [1.807, 2.05) is 18.2 Å². The third kappa shape index (κ3) is 4.85. The second-order valence-electron chi connectivity index (χ2n) is 8.37. The molecule has 0 atom stereocenters. The number of nitrogens with one attached hydrogen (secondary N) is 1. The highest BCUT2D eigenvalue weighted by molar-refractivity contribution is 7.92. The van der Waals surface area contributed by atoms with Crippen molar-refractivity contribution in [1.29, 1.82) is 0 Å². The smallest absolute Gasteiger partial charge is 0.255 e. The lowest BCUT2D eigenvalue weighted by atomic mass is 10.1. The zero-order valence-electron chi connectivity index (χ0n) is 18.8. The van der Waals surface area contributed by atoms with Crippen molar-refractivity contribution in [3.05, 3.63) is 83.6 Å². The molecule has 3 heterocycles. The van der Waals surface area contributed by atoms with Gasteiger partial charge in [0.25, 0.3) is 5.91 Å². The normalized spacial score (nSPS) is 15.5. The molecule has 1 saturated heterocycles. The standard InChI is InChI=1S/C26H23ClN4O3S/c27-23-11-8-19(17-22(23)25-21-5-4-13-28-24(21)12-14-29-25)30-26(32)18-6-9-20(10-7-18)31-15-2-1-3-16-35(31,33)34/h4-14,17H,1-3,15-16H2,(H,30,32). The predicted molar refractivity (Wildman–Crippen MR) is 139 cm³/mol. The van der Waals surface area contributed by atoms with Crippen LogP contribution in [0.5, 0.6) is 0 Å². The topological polar surface area (TPSA) is 92.3 Å². The minimum absolute atomic E-state index is 0.149. The molecule has 4 aromatic rings. The van der Waals surface area contributed by atoms with Crippen LogP contribution in [0.4, 0.5) is 11.4 Å². The van der Waals surface area contributed by atoms with Gasteiger partial charge in [-0.2, -0.15) is 0 Å². The Kier molecular flexibility index (Phi) is 6.40. The Hall–Kier alpha value is -3.49. The van der Waals surface area contributed by atoms with E-state index in [1.54, 1.807) is 54.9 Å². The molecule has 0 bridgehead atoms. The lowest BCUT2D eigenvalue weighted by Crippen LogP contribution is -2.32. The van der Waals surface area contributed by atoms with Gasteiger partial charge in [0, 0.05) is 41.1 Å². The summed E-state index contributed by atoms with van der Waals surface area (Å²) in [6.07, 6.45) is 5.79. The summed E-state index contributed by atoms with van der Waals surface area (Å²) in [5, 5.41) is 4.27. The number of rotatable bonds is 4. The number of nitrogens with zero attached hydrogens (tertiary/aromatic N) is 3.